The molecule has 0 aromatic heterocycles. The summed E-state index contributed by atoms with van der Waals surface area (Å²) < 4.78 is 0. The van der Waals surface area contributed by atoms with Gasteiger partial charge in [-0.25, -0.2) is 5.43 Å². The normalized spacial score (nSPS) is 10.9. The summed E-state index contributed by atoms with van der Waals surface area (Å²) in [5.41, 5.74) is 3.97. The number of nitrogens with zero attached hydrogens (tertiary/aromatic N) is 2. The van der Waals surface area contributed by atoms with Crippen molar-refractivity contribution in [3.05, 3.63) is 70.3 Å². The summed E-state index contributed by atoms with van der Waals surface area (Å²) in [6, 6.07) is 15.1. The minimum absolute atomic E-state index is 0.157. The van der Waals surface area contributed by atoms with E-state index in [1.807, 2.05) is 30.3 Å². The van der Waals surface area contributed by atoms with E-state index in [9.17, 15) is 19.7 Å². The van der Waals surface area contributed by atoms with Crippen LogP contribution < -0.4 is 10.7 Å². The number of hydrogen-bond acceptors (Lipinski definition) is 5. The quantitative estimate of drug-likeness (QED) is 0.359. The van der Waals surface area contributed by atoms with Crippen LogP contribution in [0.4, 0.5) is 11.4 Å². The molecule has 2 N–H and O–H groups in total. The first-order valence-corrected chi connectivity index (χ1v) is 7.88. The fourth-order valence-electron chi connectivity index (χ4n) is 2.11. The maximum atomic E-state index is 11.8. The third-order valence-electron chi connectivity index (χ3n) is 3.49. The number of non-ortho nitro benzene ring substituents is 1. The van der Waals surface area contributed by atoms with Gasteiger partial charge in [-0.05, 0) is 31.4 Å². The Morgan fingerprint density at radius 3 is 2.50 bits per heavy atom. The van der Waals surface area contributed by atoms with Crippen molar-refractivity contribution in [2.45, 2.75) is 19.8 Å². The van der Waals surface area contributed by atoms with E-state index in [-0.39, 0.29) is 11.4 Å². The number of hydrazone groups is 1. The van der Waals surface area contributed by atoms with Crippen LogP contribution in [0.15, 0.2) is 59.7 Å². The second kappa shape index (κ2) is 9.07. The molecule has 0 radical (unpaired) electrons. The number of amides is 2. The largest absolute Gasteiger partial charge is 0.329 e. The fraction of sp³-hybridized carbons (Fsp3) is 0.167. The summed E-state index contributed by atoms with van der Waals surface area (Å²) >= 11 is 0. The fourth-order valence-corrected chi connectivity index (χ4v) is 2.11. The maximum absolute atomic E-state index is 11.8. The summed E-state index contributed by atoms with van der Waals surface area (Å²) in [6.45, 7) is 1.75. The first-order valence-electron chi connectivity index (χ1n) is 7.88. The lowest BCUT2D eigenvalue weighted by Crippen LogP contribution is -2.32. The SMILES string of the molecule is CC(CCc1ccccc1)=NNC(=O)C(=O)Nc1cccc([N+](=O)[O-])c1. The molecular weight excluding hydrogens is 336 g/mol. The van der Waals surface area contributed by atoms with Crippen LogP contribution in [-0.4, -0.2) is 22.4 Å². The Bertz CT molecular complexity index is 834. The van der Waals surface area contributed by atoms with Crippen molar-refractivity contribution in [3.63, 3.8) is 0 Å². The van der Waals surface area contributed by atoms with Crippen LogP contribution in [0.1, 0.15) is 18.9 Å². The Morgan fingerprint density at radius 1 is 1.08 bits per heavy atom. The van der Waals surface area contributed by atoms with Crippen molar-refractivity contribution < 1.29 is 14.5 Å². The molecule has 26 heavy (non-hydrogen) atoms. The number of carbonyl (C=O) groups is 2. The lowest BCUT2D eigenvalue weighted by molar-refractivity contribution is -0.384. The second-order valence-electron chi connectivity index (χ2n) is 5.54. The molecular formula is C18H18N4O4. The van der Waals surface area contributed by atoms with Gasteiger partial charge in [0.2, 0.25) is 0 Å². The smallest absolute Gasteiger partial charge is 0.317 e. The van der Waals surface area contributed by atoms with E-state index in [0.29, 0.717) is 12.1 Å². The van der Waals surface area contributed by atoms with Gasteiger partial charge in [0.1, 0.15) is 0 Å². The van der Waals surface area contributed by atoms with Gasteiger partial charge in [0, 0.05) is 23.5 Å². The van der Waals surface area contributed by atoms with Crippen molar-refractivity contribution in [2.24, 2.45) is 5.10 Å². The topological polar surface area (TPSA) is 114 Å². The van der Waals surface area contributed by atoms with E-state index in [4.69, 9.17) is 0 Å². The first-order chi connectivity index (χ1) is 12.5. The molecule has 0 bridgehead atoms. The summed E-state index contributed by atoms with van der Waals surface area (Å²) in [7, 11) is 0. The number of nitro benzene ring substituents is 1. The zero-order chi connectivity index (χ0) is 18.9. The molecule has 2 aromatic rings. The molecule has 0 heterocycles. The van der Waals surface area contributed by atoms with Crippen LogP contribution in [0.2, 0.25) is 0 Å². The molecule has 0 saturated heterocycles. The molecule has 8 nitrogen and oxygen atoms in total. The highest BCUT2D eigenvalue weighted by atomic mass is 16.6. The highest BCUT2D eigenvalue weighted by Gasteiger charge is 2.14. The van der Waals surface area contributed by atoms with Gasteiger partial charge >= 0.3 is 11.8 Å². The molecule has 0 fully saturated rings. The van der Waals surface area contributed by atoms with Gasteiger partial charge in [-0.1, -0.05) is 36.4 Å². The minimum Gasteiger partial charge on any atom is -0.317 e. The molecule has 0 aliphatic carbocycles. The van der Waals surface area contributed by atoms with Gasteiger partial charge in [0.15, 0.2) is 0 Å². The van der Waals surface area contributed by atoms with Crippen LogP contribution in [0.25, 0.3) is 0 Å². The lowest BCUT2D eigenvalue weighted by Gasteiger charge is -2.05. The summed E-state index contributed by atoms with van der Waals surface area (Å²) in [6.07, 6.45) is 1.41. The molecule has 134 valence electrons. The summed E-state index contributed by atoms with van der Waals surface area (Å²) in [4.78, 5) is 33.7. The standard InChI is InChI=1S/C18H18N4O4/c1-13(10-11-14-6-3-2-4-7-14)20-21-18(24)17(23)19-15-8-5-9-16(12-15)22(25)26/h2-9,12H,10-11H2,1H3,(H,19,23)(H,21,24). The monoisotopic (exact) mass is 354 g/mol. The van der Waals surface area contributed by atoms with Crippen LogP contribution in [0.3, 0.4) is 0 Å². The molecule has 8 heteroatoms. The average molecular weight is 354 g/mol. The van der Waals surface area contributed by atoms with E-state index in [1.165, 1.54) is 24.3 Å². The Labute approximate surface area is 150 Å². The predicted octanol–water partition coefficient (Wildman–Crippen LogP) is 2.66. The van der Waals surface area contributed by atoms with Gasteiger partial charge in [-0.15, -0.1) is 0 Å². The predicted molar refractivity (Wildman–Crippen MR) is 97.7 cm³/mol. The molecule has 0 aliphatic rings. The Balaban J connectivity index is 1.85. The van der Waals surface area contributed by atoms with Gasteiger partial charge in [-0.2, -0.15) is 5.10 Å². The maximum Gasteiger partial charge on any atom is 0.329 e. The van der Waals surface area contributed by atoms with Gasteiger partial charge in [-0.3, -0.25) is 19.7 Å². The first kappa shape index (κ1) is 18.8. The highest BCUT2D eigenvalue weighted by Crippen LogP contribution is 2.16. The number of anilines is 1. The van der Waals surface area contributed by atoms with E-state index in [0.717, 1.165) is 12.0 Å². The van der Waals surface area contributed by atoms with Gasteiger partial charge in [0.25, 0.3) is 5.69 Å². The lowest BCUT2D eigenvalue weighted by atomic mass is 10.1. The molecule has 0 aliphatic heterocycles. The molecule has 0 spiro atoms. The van der Waals surface area contributed by atoms with Gasteiger partial charge < -0.3 is 5.32 Å². The second-order valence-corrected chi connectivity index (χ2v) is 5.54. The van der Waals surface area contributed by atoms with Gasteiger partial charge in [0.05, 0.1) is 4.92 Å². The van der Waals surface area contributed by atoms with Crippen LogP contribution >= 0.6 is 0 Å². The van der Waals surface area contributed by atoms with Crippen LogP contribution in [0.5, 0.6) is 0 Å². The number of benzene rings is 2. The molecule has 2 rings (SSSR count). The van der Waals surface area contributed by atoms with Crippen LogP contribution in [-0.2, 0) is 16.0 Å². The van der Waals surface area contributed by atoms with Crippen molar-refractivity contribution in [2.75, 3.05) is 5.32 Å². The number of nitro groups is 1. The Hall–Kier alpha value is -3.55. The van der Waals surface area contributed by atoms with Crippen molar-refractivity contribution >= 4 is 28.9 Å². The zero-order valence-corrected chi connectivity index (χ0v) is 14.1. The molecule has 2 amide bonds. The van der Waals surface area contributed by atoms with Crippen molar-refractivity contribution in [3.8, 4) is 0 Å². The highest BCUT2D eigenvalue weighted by molar-refractivity contribution is 6.39. The third kappa shape index (κ3) is 5.82. The zero-order valence-electron chi connectivity index (χ0n) is 14.1. The number of carbonyl (C=O) groups excluding carboxylic acids is 2. The molecule has 2 aromatic carbocycles. The van der Waals surface area contributed by atoms with Crippen LogP contribution in [0, 0.1) is 10.1 Å². The number of rotatable bonds is 6. The number of hydrogen-bond donors (Lipinski definition) is 2. The summed E-state index contributed by atoms with van der Waals surface area (Å²) in [5.74, 6) is -1.90. The van der Waals surface area contributed by atoms with E-state index >= 15 is 0 Å². The third-order valence-corrected chi connectivity index (χ3v) is 3.49. The van der Waals surface area contributed by atoms with E-state index < -0.39 is 16.7 Å². The molecule has 0 unspecified atom stereocenters. The van der Waals surface area contributed by atoms with E-state index in [1.54, 1.807) is 6.92 Å². The average Bonchev–Trinajstić information content (AvgIpc) is 2.65. The van der Waals surface area contributed by atoms with Crippen molar-refractivity contribution in [1.29, 1.82) is 0 Å². The Morgan fingerprint density at radius 2 is 1.81 bits per heavy atom. The Kier molecular flexibility index (Phi) is 6.55. The minimum atomic E-state index is -0.954. The molecule has 0 saturated carbocycles. The summed E-state index contributed by atoms with van der Waals surface area (Å²) in [5, 5.41) is 16.9. The number of nitrogens with one attached hydrogen (secondary N) is 2. The molecule has 0 atom stereocenters. The number of aryl methyl sites for hydroxylation is 1. The van der Waals surface area contributed by atoms with E-state index in [2.05, 4.69) is 15.8 Å². The van der Waals surface area contributed by atoms with Crippen molar-refractivity contribution in [1.82, 2.24) is 5.43 Å².